The third kappa shape index (κ3) is 1.58. The lowest BCUT2D eigenvalue weighted by Crippen LogP contribution is -1.89. The Bertz CT molecular complexity index is 703. The molecule has 0 bridgehead atoms. The lowest BCUT2D eigenvalue weighted by atomic mass is 10.1. The van der Waals surface area contributed by atoms with E-state index in [1.807, 2.05) is 65.3 Å². The number of nitrogens with zero attached hydrogens (tertiary/aromatic N) is 2. The highest BCUT2D eigenvalue weighted by Crippen LogP contribution is 2.22. The number of fused-ring (bicyclic) bond motifs is 1. The van der Waals surface area contributed by atoms with E-state index in [0.29, 0.717) is 5.56 Å². The van der Waals surface area contributed by atoms with Gasteiger partial charge in [0.2, 0.25) is 0 Å². The number of hydrogen-bond acceptors (Lipinski definition) is 1. The Morgan fingerprint density at radius 2 is 1.76 bits per heavy atom. The zero-order chi connectivity index (χ0) is 11.7. The van der Waals surface area contributed by atoms with Gasteiger partial charge in [-0.15, -0.1) is 0 Å². The maximum atomic E-state index is 9.16. The molecule has 0 aliphatic carbocycles. The summed E-state index contributed by atoms with van der Waals surface area (Å²) in [6, 6.07) is 18.2. The second kappa shape index (κ2) is 3.80. The van der Waals surface area contributed by atoms with Gasteiger partial charge < -0.3 is 4.40 Å². The minimum atomic E-state index is 0.705. The molecule has 0 saturated heterocycles. The molecule has 0 atom stereocenters. The van der Waals surface area contributed by atoms with Gasteiger partial charge in [0.15, 0.2) is 0 Å². The Morgan fingerprint density at radius 1 is 0.941 bits per heavy atom. The lowest BCUT2D eigenvalue weighted by Gasteiger charge is -2.05. The first-order chi connectivity index (χ1) is 8.38. The normalized spacial score (nSPS) is 10.3. The average molecular weight is 218 g/mol. The third-order valence-electron chi connectivity index (χ3n) is 2.86. The van der Waals surface area contributed by atoms with E-state index >= 15 is 0 Å². The van der Waals surface area contributed by atoms with Crippen LogP contribution in [0, 0.1) is 11.3 Å². The molecule has 2 nitrogen and oxygen atoms in total. The molecule has 0 aliphatic heterocycles. The summed E-state index contributed by atoms with van der Waals surface area (Å²) in [6.07, 6.45) is 4.01. The van der Waals surface area contributed by atoms with E-state index in [4.69, 9.17) is 5.26 Å². The maximum Gasteiger partial charge on any atom is 0.101 e. The van der Waals surface area contributed by atoms with Gasteiger partial charge in [-0.25, -0.2) is 0 Å². The summed E-state index contributed by atoms with van der Waals surface area (Å²) in [5.41, 5.74) is 3.84. The van der Waals surface area contributed by atoms with E-state index in [0.717, 1.165) is 16.6 Å². The second-order valence-corrected chi connectivity index (χ2v) is 3.92. The fourth-order valence-corrected chi connectivity index (χ4v) is 2.03. The Kier molecular flexibility index (Phi) is 2.16. The predicted molar refractivity (Wildman–Crippen MR) is 67.5 cm³/mol. The minimum Gasteiger partial charge on any atom is -0.322 e. The molecule has 0 unspecified atom stereocenters. The van der Waals surface area contributed by atoms with Crippen molar-refractivity contribution in [3.05, 3.63) is 66.5 Å². The molecule has 1 aromatic carbocycles. The lowest BCUT2D eigenvalue weighted by molar-refractivity contribution is 1.19. The summed E-state index contributed by atoms with van der Waals surface area (Å²) in [6.45, 7) is 0. The van der Waals surface area contributed by atoms with Crippen LogP contribution in [0.25, 0.3) is 16.6 Å². The molecule has 0 saturated carbocycles. The van der Waals surface area contributed by atoms with Crippen LogP contribution in [0.4, 0.5) is 0 Å². The topological polar surface area (TPSA) is 28.2 Å². The molecule has 0 radical (unpaired) electrons. The largest absolute Gasteiger partial charge is 0.322 e. The van der Waals surface area contributed by atoms with E-state index in [1.54, 1.807) is 0 Å². The molecular formula is C15H10N2. The predicted octanol–water partition coefficient (Wildman–Crippen LogP) is 3.48. The smallest absolute Gasteiger partial charge is 0.101 e. The molecule has 2 heterocycles. The highest BCUT2D eigenvalue weighted by atomic mass is 14.9. The zero-order valence-electron chi connectivity index (χ0n) is 9.17. The van der Waals surface area contributed by atoms with Gasteiger partial charge in [0.25, 0.3) is 0 Å². The first-order valence-corrected chi connectivity index (χ1v) is 5.45. The van der Waals surface area contributed by atoms with Gasteiger partial charge >= 0.3 is 0 Å². The van der Waals surface area contributed by atoms with Crippen LogP contribution < -0.4 is 0 Å². The Morgan fingerprint density at radius 3 is 2.53 bits per heavy atom. The van der Waals surface area contributed by atoms with Crippen LogP contribution in [-0.2, 0) is 0 Å². The van der Waals surface area contributed by atoms with Crippen molar-refractivity contribution in [2.24, 2.45) is 0 Å². The quantitative estimate of drug-likeness (QED) is 0.614. The van der Waals surface area contributed by atoms with Gasteiger partial charge in [-0.3, -0.25) is 0 Å². The molecule has 17 heavy (non-hydrogen) atoms. The van der Waals surface area contributed by atoms with Crippen molar-refractivity contribution in [1.29, 1.82) is 5.26 Å². The average Bonchev–Trinajstić information content (AvgIpc) is 2.86. The van der Waals surface area contributed by atoms with E-state index in [9.17, 15) is 0 Å². The van der Waals surface area contributed by atoms with Crippen LogP contribution >= 0.6 is 0 Å². The third-order valence-corrected chi connectivity index (χ3v) is 2.86. The summed E-state index contributed by atoms with van der Waals surface area (Å²) in [5.74, 6) is 0. The fourth-order valence-electron chi connectivity index (χ4n) is 2.03. The zero-order valence-corrected chi connectivity index (χ0v) is 9.17. The molecule has 80 valence electrons. The number of benzene rings is 1. The molecular weight excluding hydrogens is 208 g/mol. The molecule has 0 spiro atoms. The minimum absolute atomic E-state index is 0.705. The van der Waals surface area contributed by atoms with Gasteiger partial charge in [0.05, 0.1) is 11.1 Å². The van der Waals surface area contributed by atoms with Crippen molar-refractivity contribution in [1.82, 2.24) is 4.40 Å². The number of nitriles is 1. The maximum absolute atomic E-state index is 9.16. The van der Waals surface area contributed by atoms with Gasteiger partial charge in [-0.05, 0) is 29.3 Å². The Labute approximate surface area is 99.4 Å². The van der Waals surface area contributed by atoms with Crippen LogP contribution in [0.1, 0.15) is 5.56 Å². The number of rotatable bonds is 1. The summed E-state index contributed by atoms with van der Waals surface area (Å²) in [4.78, 5) is 0. The molecule has 0 aliphatic rings. The standard InChI is InChI=1S/C15H10N2/c16-10-13-9-14(12-5-2-1-3-6-12)11-17-8-4-7-15(13)17/h1-9,11H. The summed E-state index contributed by atoms with van der Waals surface area (Å²) < 4.78 is 1.99. The molecule has 2 aromatic heterocycles. The van der Waals surface area contributed by atoms with Crippen LogP contribution in [0.5, 0.6) is 0 Å². The Hall–Kier alpha value is -2.53. The van der Waals surface area contributed by atoms with Gasteiger partial charge in [-0.1, -0.05) is 30.3 Å². The van der Waals surface area contributed by atoms with E-state index in [2.05, 4.69) is 6.07 Å². The monoisotopic (exact) mass is 218 g/mol. The molecule has 2 heteroatoms. The molecule has 0 N–H and O–H groups in total. The summed E-state index contributed by atoms with van der Waals surface area (Å²) in [7, 11) is 0. The summed E-state index contributed by atoms with van der Waals surface area (Å²) in [5, 5.41) is 9.16. The first kappa shape index (κ1) is 9.68. The SMILES string of the molecule is N#Cc1cc(-c2ccccc2)cn2cccc12. The van der Waals surface area contributed by atoms with Crippen LogP contribution in [-0.4, -0.2) is 4.40 Å². The van der Waals surface area contributed by atoms with Gasteiger partial charge in [-0.2, -0.15) is 5.26 Å². The molecule has 3 rings (SSSR count). The fraction of sp³-hybridized carbons (Fsp3) is 0. The van der Waals surface area contributed by atoms with E-state index in [1.165, 1.54) is 0 Å². The Balaban J connectivity index is 2.29. The van der Waals surface area contributed by atoms with Gasteiger partial charge in [0.1, 0.15) is 6.07 Å². The molecule has 0 fully saturated rings. The highest BCUT2D eigenvalue weighted by molar-refractivity contribution is 5.71. The van der Waals surface area contributed by atoms with Crippen molar-refractivity contribution in [3.8, 4) is 17.2 Å². The van der Waals surface area contributed by atoms with Crippen molar-refractivity contribution < 1.29 is 0 Å². The summed E-state index contributed by atoms with van der Waals surface area (Å²) >= 11 is 0. The molecule has 0 amide bonds. The second-order valence-electron chi connectivity index (χ2n) is 3.92. The van der Waals surface area contributed by atoms with Crippen molar-refractivity contribution in [2.75, 3.05) is 0 Å². The van der Waals surface area contributed by atoms with Crippen LogP contribution in [0.3, 0.4) is 0 Å². The van der Waals surface area contributed by atoms with Crippen molar-refractivity contribution >= 4 is 5.52 Å². The number of hydrogen-bond donors (Lipinski definition) is 0. The van der Waals surface area contributed by atoms with Crippen LogP contribution in [0.15, 0.2) is 60.9 Å². The van der Waals surface area contributed by atoms with Gasteiger partial charge in [0, 0.05) is 12.4 Å². The number of pyridine rings is 1. The van der Waals surface area contributed by atoms with Crippen molar-refractivity contribution in [3.63, 3.8) is 0 Å². The van der Waals surface area contributed by atoms with Crippen molar-refractivity contribution in [2.45, 2.75) is 0 Å². The van der Waals surface area contributed by atoms with E-state index in [-0.39, 0.29) is 0 Å². The first-order valence-electron chi connectivity index (χ1n) is 5.45. The number of aromatic nitrogens is 1. The van der Waals surface area contributed by atoms with Crippen LogP contribution in [0.2, 0.25) is 0 Å². The van der Waals surface area contributed by atoms with E-state index < -0.39 is 0 Å². The molecule has 3 aromatic rings. The highest BCUT2D eigenvalue weighted by Gasteiger charge is 2.04.